The minimum atomic E-state index is -0.664. The van der Waals surface area contributed by atoms with Gasteiger partial charge in [0.15, 0.2) is 0 Å². The van der Waals surface area contributed by atoms with E-state index in [0.29, 0.717) is 16.7 Å². The van der Waals surface area contributed by atoms with Crippen LogP contribution in [0.1, 0.15) is 52.0 Å². The van der Waals surface area contributed by atoms with Crippen LogP contribution in [0.2, 0.25) is 0 Å². The van der Waals surface area contributed by atoms with E-state index < -0.39 is 17.9 Å². The van der Waals surface area contributed by atoms with Gasteiger partial charge in [-0.1, -0.05) is 26.0 Å². The van der Waals surface area contributed by atoms with Crippen molar-refractivity contribution >= 4 is 11.9 Å². The van der Waals surface area contributed by atoms with Gasteiger partial charge in [0.2, 0.25) is 0 Å². The van der Waals surface area contributed by atoms with Crippen molar-refractivity contribution in [2.24, 2.45) is 11.8 Å². The van der Waals surface area contributed by atoms with E-state index in [1.165, 1.54) is 12.1 Å². The van der Waals surface area contributed by atoms with Crippen molar-refractivity contribution in [2.45, 2.75) is 46.5 Å². The molecule has 1 fully saturated rings. The summed E-state index contributed by atoms with van der Waals surface area (Å²) in [6.45, 7) is 7.92. The molecule has 1 atom stereocenters. The lowest BCUT2D eigenvalue weighted by atomic mass is 9.77. The number of carbonyl (C=O) groups excluding carboxylic acids is 2. The molecular weight excluding hydrogens is 373 g/mol. The molecule has 0 amide bonds. The van der Waals surface area contributed by atoms with Gasteiger partial charge < -0.3 is 14.8 Å². The van der Waals surface area contributed by atoms with Crippen molar-refractivity contribution in [1.82, 2.24) is 5.32 Å². The van der Waals surface area contributed by atoms with E-state index in [9.17, 15) is 14.0 Å². The van der Waals surface area contributed by atoms with E-state index in [1.54, 1.807) is 26.0 Å². The molecule has 6 heteroatoms. The Bertz CT molecular complexity index is 810. The Hall–Kier alpha value is -2.63. The van der Waals surface area contributed by atoms with E-state index in [-0.39, 0.29) is 30.9 Å². The van der Waals surface area contributed by atoms with Gasteiger partial charge in [-0.2, -0.15) is 0 Å². The Morgan fingerprint density at radius 2 is 1.59 bits per heavy atom. The lowest BCUT2D eigenvalue weighted by Crippen LogP contribution is -2.36. The van der Waals surface area contributed by atoms with Gasteiger partial charge in [0.25, 0.3) is 0 Å². The highest BCUT2D eigenvalue weighted by Crippen LogP contribution is 2.47. The molecule has 1 aliphatic heterocycles. The molecule has 1 aromatic rings. The van der Waals surface area contributed by atoms with Crippen LogP contribution >= 0.6 is 0 Å². The maximum absolute atomic E-state index is 13.6. The Morgan fingerprint density at radius 1 is 1.03 bits per heavy atom. The van der Waals surface area contributed by atoms with Crippen LogP contribution in [0.4, 0.5) is 4.39 Å². The number of esters is 2. The highest BCUT2D eigenvalue weighted by atomic mass is 19.1. The van der Waals surface area contributed by atoms with Gasteiger partial charge in [-0.15, -0.1) is 0 Å². The quantitative estimate of drug-likeness (QED) is 0.694. The average molecular weight is 401 g/mol. The molecule has 5 nitrogen and oxygen atoms in total. The number of allylic oxidation sites excluding steroid dienone is 2. The van der Waals surface area contributed by atoms with Crippen LogP contribution in [0, 0.1) is 17.7 Å². The van der Waals surface area contributed by atoms with E-state index in [0.717, 1.165) is 24.2 Å². The summed E-state index contributed by atoms with van der Waals surface area (Å²) in [5, 5.41) is 3.39. The molecule has 0 spiro atoms. The van der Waals surface area contributed by atoms with Crippen molar-refractivity contribution in [1.29, 1.82) is 0 Å². The van der Waals surface area contributed by atoms with Crippen LogP contribution in [0.3, 0.4) is 0 Å². The zero-order valence-corrected chi connectivity index (χ0v) is 17.4. The summed E-state index contributed by atoms with van der Waals surface area (Å²) in [6.07, 6.45) is 1.95. The molecule has 0 bridgehead atoms. The second-order valence-corrected chi connectivity index (χ2v) is 7.63. The van der Waals surface area contributed by atoms with Crippen molar-refractivity contribution in [3.8, 4) is 0 Å². The van der Waals surface area contributed by atoms with Crippen LogP contribution in [0.25, 0.3) is 0 Å². The fourth-order valence-electron chi connectivity index (χ4n) is 3.75. The summed E-state index contributed by atoms with van der Waals surface area (Å²) in [7, 11) is 0. The Morgan fingerprint density at radius 3 is 2.07 bits per heavy atom. The first-order valence-corrected chi connectivity index (χ1v) is 10.2. The number of hydrogen-bond donors (Lipinski definition) is 1. The number of rotatable bonds is 7. The SMILES string of the molecule is CCOC(=O)C1=C(C(C)C)NC(C2CC2)=C(C(=O)OCC)C1c1ccc(F)cc1. The van der Waals surface area contributed by atoms with Gasteiger partial charge in [-0.05, 0) is 56.2 Å². The zero-order chi connectivity index (χ0) is 21.1. The third kappa shape index (κ3) is 4.36. The summed E-state index contributed by atoms with van der Waals surface area (Å²) in [5.41, 5.74) is 3.03. The molecular formula is C23H28FNO4. The van der Waals surface area contributed by atoms with E-state index in [4.69, 9.17) is 9.47 Å². The summed E-state index contributed by atoms with van der Waals surface area (Å²) in [6, 6.07) is 5.92. The number of nitrogens with one attached hydrogen (secondary N) is 1. The molecule has 29 heavy (non-hydrogen) atoms. The van der Waals surface area contributed by atoms with Crippen LogP contribution in [-0.2, 0) is 19.1 Å². The van der Waals surface area contributed by atoms with Crippen LogP contribution in [0.5, 0.6) is 0 Å². The number of dihydropyridines is 1. The van der Waals surface area contributed by atoms with Gasteiger partial charge in [-0.3, -0.25) is 0 Å². The minimum Gasteiger partial charge on any atom is -0.463 e. The van der Waals surface area contributed by atoms with Crippen molar-refractivity contribution < 1.29 is 23.5 Å². The van der Waals surface area contributed by atoms with Gasteiger partial charge in [0.05, 0.1) is 30.3 Å². The standard InChI is InChI=1S/C23H28FNO4/c1-5-28-22(26)18-17(14-9-11-16(24)12-10-14)19(23(27)29-6-2)21(15-7-8-15)25-20(18)13(3)4/h9-13,15,17,25H,5-8H2,1-4H3. The number of benzene rings is 1. The van der Waals surface area contributed by atoms with Crippen molar-refractivity contribution in [3.63, 3.8) is 0 Å². The maximum atomic E-state index is 13.6. The molecule has 0 radical (unpaired) electrons. The molecule has 0 aromatic heterocycles. The monoisotopic (exact) mass is 401 g/mol. The fourth-order valence-corrected chi connectivity index (χ4v) is 3.75. The van der Waals surface area contributed by atoms with Gasteiger partial charge >= 0.3 is 11.9 Å². The molecule has 1 aliphatic carbocycles. The molecule has 0 saturated heterocycles. The second-order valence-electron chi connectivity index (χ2n) is 7.63. The zero-order valence-electron chi connectivity index (χ0n) is 17.4. The molecule has 1 heterocycles. The summed E-state index contributed by atoms with van der Waals surface area (Å²) >= 11 is 0. The van der Waals surface area contributed by atoms with Gasteiger partial charge in [0.1, 0.15) is 5.82 Å². The summed E-state index contributed by atoms with van der Waals surface area (Å²) in [4.78, 5) is 26.0. The van der Waals surface area contributed by atoms with Gasteiger partial charge in [0, 0.05) is 11.4 Å². The predicted octanol–water partition coefficient (Wildman–Crippen LogP) is 4.21. The van der Waals surface area contributed by atoms with E-state index >= 15 is 0 Å². The molecule has 1 unspecified atom stereocenters. The first kappa shape index (κ1) is 21.1. The summed E-state index contributed by atoms with van der Waals surface area (Å²) < 4.78 is 24.3. The normalized spacial score (nSPS) is 19.3. The second kappa shape index (κ2) is 8.80. The molecule has 1 aromatic carbocycles. The third-order valence-electron chi connectivity index (χ3n) is 5.18. The first-order chi connectivity index (χ1) is 13.9. The Labute approximate surface area is 171 Å². The van der Waals surface area contributed by atoms with Crippen LogP contribution in [-0.4, -0.2) is 25.2 Å². The lowest BCUT2D eigenvalue weighted by Gasteiger charge is -2.34. The Balaban J connectivity index is 2.24. The molecule has 1 saturated carbocycles. The number of hydrogen-bond acceptors (Lipinski definition) is 5. The van der Waals surface area contributed by atoms with E-state index in [2.05, 4.69) is 5.32 Å². The predicted molar refractivity (Wildman–Crippen MR) is 107 cm³/mol. The van der Waals surface area contributed by atoms with E-state index in [1.807, 2.05) is 13.8 Å². The molecule has 156 valence electrons. The molecule has 1 N–H and O–H groups in total. The minimum absolute atomic E-state index is 0.00912. The lowest BCUT2D eigenvalue weighted by molar-refractivity contribution is -0.139. The first-order valence-electron chi connectivity index (χ1n) is 10.2. The third-order valence-corrected chi connectivity index (χ3v) is 5.18. The maximum Gasteiger partial charge on any atom is 0.336 e. The van der Waals surface area contributed by atoms with Crippen molar-refractivity contribution in [2.75, 3.05) is 13.2 Å². The van der Waals surface area contributed by atoms with Crippen LogP contribution in [0.15, 0.2) is 46.8 Å². The highest BCUT2D eigenvalue weighted by Gasteiger charge is 2.44. The average Bonchev–Trinajstić information content (AvgIpc) is 3.52. The number of halogens is 1. The Kier molecular flexibility index (Phi) is 6.40. The molecule has 2 aliphatic rings. The smallest absolute Gasteiger partial charge is 0.336 e. The summed E-state index contributed by atoms with van der Waals surface area (Å²) in [5.74, 6) is -1.74. The highest BCUT2D eigenvalue weighted by molar-refractivity contribution is 6.00. The van der Waals surface area contributed by atoms with Crippen molar-refractivity contribution in [3.05, 3.63) is 58.2 Å². The number of ether oxygens (including phenoxy) is 2. The largest absolute Gasteiger partial charge is 0.463 e. The number of carbonyl (C=O) groups is 2. The fraction of sp³-hybridized carbons (Fsp3) is 0.478. The van der Waals surface area contributed by atoms with Gasteiger partial charge in [-0.25, -0.2) is 14.0 Å². The van der Waals surface area contributed by atoms with Crippen LogP contribution < -0.4 is 5.32 Å². The molecule has 3 rings (SSSR count). The topological polar surface area (TPSA) is 64.6 Å².